The van der Waals surface area contributed by atoms with Gasteiger partial charge in [0.25, 0.3) is 0 Å². The highest BCUT2D eigenvalue weighted by atomic mass is 16.1. The number of hydrogen-bond acceptors (Lipinski definition) is 2. The molecule has 22 heavy (non-hydrogen) atoms. The van der Waals surface area contributed by atoms with Crippen LogP contribution >= 0.6 is 0 Å². The molecule has 122 valence electrons. The Hall–Kier alpha value is -1.18. The number of aldehydes is 1. The fourth-order valence-electron chi connectivity index (χ4n) is 4.62. The standard InChI is InChI=1S/C20H30O2/c1-14(2)18-16(13-21)6-9-20(18,5)11-10-19(4)8-7-17(22)15(3)12-19/h6,12-14,18H,7-11H2,1-5H3/t18-,19+,20+/m0/s1. The van der Waals surface area contributed by atoms with Gasteiger partial charge in [0.2, 0.25) is 0 Å². The number of carbonyl (C=O) groups excluding carboxylic acids is 2. The molecule has 0 spiro atoms. The second-order valence-electron chi connectivity index (χ2n) is 8.31. The molecule has 2 heteroatoms. The van der Waals surface area contributed by atoms with E-state index < -0.39 is 0 Å². The second-order valence-corrected chi connectivity index (χ2v) is 8.31. The Bertz CT molecular complexity index is 526. The number of Topliss-reactive ketones (excluding diaryl/α,β-unsaturated/α-hetero) is 1. The van der Waals surface area contributed by atoms with Gasteiger partial charge in [-0.05, 0) is 66.4 Å². The molecule has 3 atom stereocenters. The van der Waals surface area contributed by atoms with Crippen molar-refractivity contribution in [1.82, 2.24) is 0 Å². The second kappa shape index (κ2) is 6.14. The quantitative estimate of drug-likeness (QED) is 0.678. The fraction of sp³-hybridized carbons (Fsp3) is 0.700. The SMILES string of the molecule is CC1=C[C@@](C)(CC[C@@]2(C)CC=C(C=O)[C@@H]2C(C)C)CCC1=O. The normalized spacial score (nSPS) is 35.5. The van der Waals surface area contributed by atoms with Crippen molar-refractivity contribution in [2.75, 3.05) is 0 Å². The van der Waals surface area contributed by atoms with E-state index in [0.29, 0.717) is 24.0 Å². The Kier molecular flexibility index (Phi) is 4.79. The highest BCUT2D eigenvalue weighted by molar-refractivity contribution is 5.95. The monoisotopic (exact) mass is 302 g/mol. The first-order chi connectivity index (χ1) is 10.2. The maximum absolute atomic E-state index is 11.7. The number of ketones is 1. The van der Waals surface area contributed by atoms with Gasteiger partial charge in [-0.2, -0.15) is 0 Å². The predicted molar refractivity (Wildman–Crippen MR) is 90.5 cm³/mol. The summed E-state index contributed by atoms with van der Waals surface area (Å²) in [5.74, 6) is 1.15. The highest BCUT2D eigenvalue weighted by Gasteiger charge is 2.42. The van der Waals surface area contributed by atoms with E-state index in [2.05, 4.69) is 39.8 Å². The molecule has 0 unspecified atom stereocenters. The Morgan fingerprint density at radius 1 is 1.32 bits per heavy atom. The topological polar surface area (TPSA) is 34.1 Å². The third-order valence-corrected chi connectivity index (χ3v) is 5.91. The van der Waals surface area contributed by atoms with Gasteiger partial charge in [0, 0.05) is 6.42 Å². The summed E-state index contributed by atoms with van der Waals surface area (Å²) in [6, 6.07) is 0. The summed E-state index contributed by atoms with van der Waals surface area (Å²) in [5, 5.41) is 0. The van der Waals surface area contributed by atoms with E-state index >= 15 is 0 Å². The third kappa shape index (κ3) is 3.26. The van der Waals surface area contributed by atoms with Crippen LogP contribution in [0, 0.1) is 22.7 Å². The average Bonchev–Trinajstić information content (AvgIpc) is 2.79. The van der Waals surface area contributed by atoms with Gasteiger partial charge >= 0.3 is 0 Å². The number of carbonyl (C=O) groups is 2. The molecule has 0 radical (unpaired) electrons. The van der Waals surface area contributed by atoms with Crippen molar-refractivity contribution in [1.29, 1.82) is 0 Å². The highest BCUT2D eigenvalue weighted by Crippen LogP contribution is 2.51. The maximum atomic E-state index is 11.7. The van der Waals surface area contributed by atoms with E-state index in [1.807, 2.05) is 6.92 Å². The summed E-state index contributed by atoms with van der Waals surface area (Å²) in [5.41, 5.74) is 2.23. The zero-order chi connectivity index (χ0) is 16.5. The van der Waals surface area contributed by atoms with Gasteiger partial charge in [0.15, 0.2) is 5.78 Å². The van der Waals surface area contributed by atoms with Crippen LogP contribution in [0.25, 0.3) is 0 Å². The lowest BCUT2D eigenvalue weighted by atomic mass is 9.65. The summed E-state index contributed by atoms with van der Waals surface area (Å²) in [7, 11) is 0. The van der Waals surface area contributed by atoms with Gasteiger partial charge in [-0.25, -0.2) is 0 Å². The molecule has 2 rings (SSSR count). The first-order valence-electron chi connectivity index (χ1n) is 8.59. The van der Waals surface area contributed by atoms with Crippen molar-refractivity contribution in [3.05, 3.63) is 23.3 Å². The van der Waals surface area contributed by atoms with Gasteiger partial charge in [-0.1, -0.05) is 39.8 Å². The minimum absolute atomic E-state index is 0.131. The fourth-order valence-corrected chi connectivity index (χ4v) is 4.62. The first-order valence-corrected chi connectivity index (χ1v) is 8.59. The average molecular weight is 302 g/mol. The minimum atomic E-state index is 0.131. The molecule has 0 N–H and O–H groups in total. The van der Waals surface area contributed by atoms with Crippen LogP contribution in [-0.4, -0.2) is 12.1 Å². The van der Waals surface area contributed by atoms with E-state index in [1.165, 1.54) is 0 Å². The molecule has 0 saturated carbocycles. The molecular formula is C20H30O2. The van der Waals surface area contributed by atoms with Crippen molar-refractivity contribution < 1.29 is 9.59 Å². The lowest BCUT2D eigenvalue weighted by Gasteiger charge is -2.39. The molecule has 0 bridgehead atoms. The van der Waals surface area contributed by atoms with Gasteiger partial charge in [-0.3, -0.25) is 9.59 Å². The van der Waals surface area contributed by atoms with Crippen molar-refractivity contribution in [3.63, 3.8) is 0 Å². The van der Waals surface area contributed by atoms with Crippen LogP contribution in [-0.2, 0) is 9.59 Å². The van der Waals surface area contributed by atoms with Gasteiger partial charge in [0.1, 0.15) is 6.29 Å². The molecule has 2 aliphatic rings. The Morgan fingerprint density at radius 3 is 2.55 bits per heavy atom. The van der Waals surface area contributed by atoms with Crippen molar-refractivity contribution in [2.24, 2.45) is 22.7 Å². The molecule has 2 nitrogen and oxygen atoms in total. The first kappa shape index (κ1) is 17.2. The summed E-state index contributed by atoms with van der Waals surface area (Å²) in [6.07, 6.45) is 10.2. The number of hydrogen-bond donors (Lipinski definition) is 0. The van der Waals surface area contributed by atoms with Gasteiger partial charge in [-0.15, -0.1) is 0 Å². The van der Waals surface area contributed by atoms with E-state index in [-0.39, 0.29) is 10.8 Å². The van der Waals surface area contributed by atoms with E-state index in [1.54, 1.807) is 0 Å². The van der Waals surface area contributed by atoms with Crippen LogP contribution in [0.4, 0.5) is 0 Å². The number of allylic oxidation sites excluding steroid dienone is 4. The molecule has 0 saturated heterocycles. The van der Waals surface area contributed by atoms with Crippen LogP contribution in [0.15, 0.2) is 23.3 Å². The van der Waals surface area contributed by atoms with E-state index in [9.17, 15) is 9.59 Å². The lowest BCUT2D eigenvalue weighted by molar-refractivity contribution is -0.116. The number of rotatable bonds is 5. The van der Waals surface area contributed by atoms with Crippen LogP contribution in [0.1, 0.15) is 66.7 Å². The van der Waals surface area contributed by atoms with Crippen LogP contribution in [0.3, 0.4) is 0 Å². The summed E-state index contributed by atoms with van der Waals surface area (Å²) < 4.78 is 0. The smallest absolute Gasteiger partial charge is 0.158 e. The third-order valence-electron chi connectivity index (χ3n) is 5.91. The van der Waals surface area contributed by atoms with Crippen molar-refractivity contribution in [2.45, 2.75) is 66.7 Å². The van der Waals surface area contributed by atoms with Gasteiger partial charge in [0.05, 0.1) is 0 Å². The Labute approximate surface area is 135 Å². The van der Waals surface area contributed by atoms with E-state index in [0.717, 1.165) is 43.1 Å². The van der Waals surface area contributed by atoms with Crippen LogP contribution in [0.5, 0.6) is 0 Å². The molecule has 0 aromatic heterocycles. The Morgan fingerprint density at radius 2 is 2.00 bits per heavy atom. The molecular weight excluding hydrogens is 272 g/mol. The molecule has 2 aliphatic carbocycles. The van der Waals surface area contributed by atoms with Crippen molar-refractivity contribution in [3.8, 4) is 0 Å². The molecule has 0 aromatic carbocycles. The molecule has 0 heterocycles. The van der Waals surface area contributed by atoms with Crippen LogP contribution in [0.2, 0.25) is 0 Å². The lowest BCUT2D eigenvalue weighted by Crippen LogP contribution is -2.31. The van der Waals surface area contributed by atoms with Crippen molar-refractivity contribution >= 4 is 12.1 Å². The molecule has 0 amide bonds. The zero-order valence-corrected chi connectivity index (χ0v) is 14.7. The predicted octanol–water partition coefficient (Wildman–Crippen LogP) is 4.89. The summed E-state index contributed by atoms with van der Waals surface area (Å²) in [4.78, 5) is 23.1. The molecule has 0 fully saturated rings. The Balaban J connectivity index is 2.11. The largest absolute Gasteiger partial charge is 0.298 e. The minimum Gasteiger partial charge on any atom is -0.298 e. The van der Waals surface area contributed by atoms with Gasteiger partial charge < -0.3 is 0 Å². The molecule has 0 aliphatic heterocycles. The summed E-state index contributed by atoms with van der Waals surface area (Å²) in [6.45, 7) is 11.0. The van der Waals surface area contributed by atoms with E-state index in [4.69, 9.17) is 0 Å². The van der Waals surface area contributed by atoms with Crippen LogP contribution < -0.4 is 0 Å². The zero-order valence-electron chi connectivity index (χ0n) is 14.7. The summed E-state index contributed by atoms with van der Waals surface area (Å²) >= 11 is 0. The maximum Gasteiger partial charge on any atom is 0.158 e. The molecule has 0 aromatic rings.